The molecule has 1 nitrogen and oxygen atoms in total. The Bertz CT molecular complexity index is 481. The highest BCUT2D eigenvalue weighted by atomic mass is 35.5. The number of rotatable bonds is 7. The number of nitrogens with one attached hydrogen (secondary N) is 1. The van der Waals surface area contributed by atoms with E-state index in [0.717, 1.165) is 11.4 Å². The molecule has 0 spiro atoms. The lowest BCUT2D eigenvalue weighted by molar-refractivity contribution is 0.503. The maximum atomic E-state index is 6.02. The molecule has 0 amide bonds. The van der Waals surface area contributed by atoms with Crippen LogP contribution in [0, 0.1) is 0 Å². The second-order valence-electron chi connectivity index (χ2n) is 4.79. The van der Waals surface area contributed by atoms with Crippen molar-refractivity contribution in [3.05, 3.63) is 57.2 Å². The number of thiophene rings is 1. The molecule has 1 aromatic carbocycles. The van der Waals surface area contributed by atoms with E-state index in [2.05, 4.69) is 35.0 Å². The Labute approximate surface area is 124 Å². The molecule has 0 saturated carbocycles. The van der Waals surface area contributed by atoms with Crippen molar-refractivity contribution >= 4 is 22.9 Å². The normalized spacial score (nSPS) is 12.5. The van der Waals surface area contributed by atoms with Crippen molar-refractivity contribution in [1.29, 1.82) is 0 Å². The van der Waals surface area contributed by atoms with Crippen LogP contribution >= 0.6 is 22.9 Å². The average molecular weight is 294 g/mol. The molecule has 3 heteroatoms. The van der Waals surface area contributed by atoms with Gasteiger partial charge in [0.1, 0.15) is 0 Å². The van der Waals surface area contributed by atoms with Gasteiger partial charge in [0.2, 0.25) is 0 Å². The lowest BCUT2D eigenvalue weighted by atomic mass is 10.0. The third-order valence-electron chi connectivity index (χ3n) is 3.34. The molecule has 0 radical (unpaired) electrons. The first-order valence-corrected chi connectivity index (χ1v) is 7.98. The summed E-state index contributed by atoms with van der Waals surface area (Å²) in [6.07, 6.45) is 4.65. The standard InChI is InChI=1S/C16H20ClNS/c1-18-15(7-3-8-16-9-4-10-19-16)12-13-5-2-6-14(17)11-13/h2,4-6,9-11,15,18H,3,7-8,12H2,1H3. The van der Waals surface area contributed by atoms with Crippen LogP contribution in [0.25, 0.3) is 0 Å². The van der Waals surface area contributed by atoms with Crippen LogP contribution in [-0.2, 0) is 12.8 Å². The summed E-state index contributed by atoms with van der Waals surface area (Å²) in [6, 6.07) is 13.0. The lowest BCUT2D eigenvalue weighted by Gasteiger charge is -2.16. The Morgan fingerprint density at radius 1 is 1.26 bits per heavy atom. The van der Waals surface area contributed by atoms with Crippen LogP contribution in [0.4, 0.5) is 0 Å². The topological polar surface area (TPSA) is 12.0 Å². The molecular weight excluding hydrogens is 274 g/mol. The molecule has 19 heavy (non-hydrogen) atoms. The van der Waals surface area contributed by atoms with Crippen molar-refractivity contribution in [2.24, 2.45) is 0 Å². The van der Waals surface area contributed by atoms with Crippen molar-refractivity contribution in [3.63, 3.8) is 0 Å². The smallest absolute Gasteiger partial charge is 0.0408 e. The first kappa shape index (κ1) is 14.6. The van der Waals surface area contributed by atoms with Gasteiger partial charge in [0, 0.05) is 15.9 Å². The van der Waals surface area contributed by atoms with Gasteiger partial charge in [-0.2, -0.15) is 0 Å². The van der Waals surface area contributed by atoms with Gasteiger partial charge in [0.25, 0.3) is 0 Å². The molecule has 1 aromatic heterocycles. The third kappa shape index (κ3) is 4.98. The molecule has 1 atom stereocenters. The summed E-state index contributed by atoms with van der Waals surface area (Å²) < 4.78 is 0. The Hall–Kier alpha value is -0.830. The summed E-state index contributed by atoms with van der Waals surface area (Å²) in [5.74, 6) is 0. The van der Waals surface area contributed by atoms with Crippen LogP contribution in [-0.4, -0.2) is 13.1 Å². The molecule has 1 heterocycles. The number of likely N-dealkylation sites (N-methyl/N-ethyl adjacent to an activating group) is 1. The van der Waals surface area contributed by atoms with E-state index < -0.39 is 0 Å². The molecule has 2 rings (SSSR count). The van der Waals surface area contributed by atoms with E-state index in [1.54, 1.807) is 0 Å². The molecule has 2 aromatic rings. The zero-order valence-corrected chi connectivity index (χ0v) is 12.8. The highest BCUT2D eigenvalue weighted by molar-refractivity contribution is 7.09. The van der Waals surface area contributed by atoms with Gasteiger partial charge < -0.3 is 5.32 Å². The molecule has 0 fully saturated rings. The zero-order valence-electron chi connectivity index (χ0n) is 11.2. The van der Waals surface area contributed by atoms with Crippen molar-refractivity contribution < 1.29 is 0 Å². The van der Waals surface area contributed by atoms with Crippen LogP contribution in [0.15, 0.2) is 41.8 Å². The molecular formula is C16H20ClNS. The molecule has 0 aliphatic carbocycles. The Morgan fingerprint density at radius 3 is 2.84 bits per heavy atom. The van der Waals surface area contributed by atoms with E-state index in [1.165, 1.54) is 29.7 Å². The third-order valence-corrected chi connectivity index (χ3v) is 4.51. The van der Waals surface area contributed by atoms with E-state index in [9.17, 15) is 0 Å². The highest BCUT2D eigenvalue weighted by Crippen LogP contribution is 2.16. The molecule has 1 N–H and O–H groups in total. The highest BCUT2D eigenvalue weighted by Gasteiger charge is 2.07. The fourth-order valence-corrected chi connectivity index (χ4v) is 3.24. The first-order valence-electron chi connectivity index (χ1n) is 6.72. The number of benzene rings is 1. The van der Waals surface area contributed by atoms with Crippen molar-refractivity contribution in [2.75, 3.05) is 7.05 Å². The maximum absolute atomic E-state index is 6.02. The van der Waals surface area contributed by atoms with E-state index in [1.807, 2.05) is 30.5 Å². The van der Waals surface area contributed by atoms with Gasteiger partial charge in [-0.3, -0.25) is 0 Å². The first-order chi connectivity index (χ1) is 9.28. The lowest BCUT2D eigenvalue weighted by Crippen LogP contribution is -2.27. The van der Waals surface area contributed by atoms with Crippen molar-refractivity contribution in [3.8, 4) is 0 Å². The van der Waals surface area contributed by atoms with Crippen LogP contribution in [0.1, 0.15) is 23.3 Å². The number of hydrogen-bond donors (Lipinski definition) is 1. The van der Waals surface area contributed by atoms with Gasteiger partial charge >= 0.3 is 0 Å². The summed E-state index contributed by atoms with van der Waals surface area (Å²) in [6.45, 7) is 0. The van der Waals surface area contributed by atoms with Gasteiger partial charge in [-0.05, 0) is 61.9 Å². The second-order valence-corrected chi connectivity index (χ2v) is 6.26. The van der Waals surface area contributed by atoms with Gasteiger partial charge in [-0.25, -0.2) is 0 Å². The molecule has 0 aliphatic heterocycles. The van der Waals surface area contributed by atoms with E-state index >= 15 is 0 Å². The molecule has 1 unspecified atom stereocenters. The Kier molecular flexibility index (Phi) is 5.90. The van der Waals surface area contributed by atoms with Gasteiger partial charge in [0.05, 0.1) is 0 Å². The van der Waals surface area contributed by atoms with E-state index in [4.69, 9.17) is 11.6 Å². The van der Waals surface area contributed by atoms with E-state index in [0.29, 0.717) is 6.04 Å². The average Bonchev–Trinajstić information content (AvgIpc) is 2.91. The van der Waals surface area contributed by atoms with Gasteiger partial charge in [0.15, 0.2) is 0 Å². The fraction of sp³-hybridized carbons (Fsp3) is 0.375. The van der Waals surface area contributed by atoms with Crippen LogP contribution < -0.4 is 5.32 Å². The SMILES string of the molecule is CNC(CCCc1cccs1)Cc1cccc(Cl)c1. The van der Waals surface area contributed by atoms with Gasteiger partial charge in [-0.15, -0.1) is 11.3 Å². The number of aryl methyl sites for hydroxylation is 1. The molecule has 0 bridgehead atoms. The summed E-state index contributed by atoms with van der Waals surface area (Å²) in [5.41, 5.74) is 1.31. The Morgan fingerprint density at radius 2 is 2.16 bits per heavy atom. The fourth-order valence-electron chi connectivity index (χ4n) is 2.27. The zero-order chi connectivity index (χ0) is 13.5. The van der Waals surface area contributed by atoms with Crippen molar-refractivity contribution in [2.45, 2.75) is 31.7 Å². The molecule has 0 saturated heterocycles. The van der Waals surface area contributed by atoms with Crippen LogP contribution in [0.3, 0.4) is 0 Å². The minimum absolute atomic E-state index is 0.526. The summed E-state index contributed by atoms with van der Waals surface area (Å²) >= 11 is 7.87. The predicted octanol–water partition coefficient (Wildman–Crippen LogP) is 4.55. The number of halogens is 1. The Balaban J connectivity index is 1.80. The number of hydrogen-bond acceptors (Lipinski definition) is 2. The van der Waals surface area contributed by atoms with Crippen LogP contribution in [0.5, 0.6) is 0 Å². The summed E-state index contributed by atoms with van der Waals surface area (Å²) in [4.78, 5) is 1.48. The minimum atomic E-state index is 0.526. The molecule has 102 valence electrons. The van der Waals surface area contributed by atoms with Gasteiger partial charge in [-0.1, -0.05) is 29.8 Å². The van der Waals surface area contributed by atoms with Crippen LogP contribution in [0.2, 0.25) is 5.02 Å². The van der Waals surface area contributed by atoms with E-state index in [-0.39, 0.29) is 0 Å². The summed E-state index contributed by atoms with van der Waals surface area (Å²) in [5, 5.41) is 6.39. The second kappa shape index (κ2) is 7.68. The molecule has 0 aliphatic rings. The quantitative estimate of drug-likeness (QED) is 0.789. The predicted molar refractivity (Wildman–Crippen MR) is 85.3 cm³/mol. The minimum Gasteiger partial charge on any atom is -0.317 e. The maximum Gasteiger partial charge on any atom is 0.0408 e. The monoisotopic (exact) mass is 293 g/mol. The van der Waals surface area contributed by atoms with Crippen molar-refractivity contribution in [1.82, 2.24) is 5.32 Å². The largest absolute Gasteiger partial charge is 0.317 e. The summed E-state index contributed by atoms with van der Waals surface area (Å²) in [7, 11) is 2.04.